The van der Waals surface area contributed by atoms with Crippen molar-refractivity contribution in [1.82, 2.24) is 0 Å². The summed E-state index contributed by atoms with van der Waals surface area (Å²) >= 11 is 1.31. The van der Waals surface area contributed by atoms with Crippen molar-refractivity contribution in [3.8, 4) is 0 Å². The van der Waals surface area contributed by atoms with Crippen LogP contribution in [0.15, 0.2) is 120 Å². The molecule has 244 valence electrons. The fraction of sp³-hybridized carbons (Fsp3) is 0.289. The van der Waals surface area contributed by atoms with E-state index < -0.39 is 53.4 Å². The Hall–Kier alpha value is -4.44. The molecular weight excluding hydrogens is 616 g/mol. The van der Waals surface area contributed by atoms with Crippen molar-refractivity contribution < 1.29 is 38.1 Å². The number of esters is 3. The zero-order valence-corrected chi connectivity index (χ0v) is 27.6. The van der Waals surface area contributed by atoms with Gasteiger partial charge in [-0.1, -0.05) is 120 Å². The van der Waals surface area contributed by atoms with Gasteiger partial charge in [0.1, 0.15) is 17.1 Å². The van der Waals surface area contributed by atoms with E-state index in [1.165, 1.54) is 32.5 Å². The van der Waals surface area contributed by atoms with E-state index in [-0.39, 0.29) is 6.61 Å². The van der Waals surface area contributed by atoms with Crippen LogP contribution >= 0.6 is 11.8 Å². The van der Waals surface area contributed by atoms with Gasteiger partial charge >= 0.3 is 17.9 Å². The number of thioether (sulfide) groups is 1. The third-order valence-electron chi connectivity index (χ3n) is 7.78. The van der Waals surface area contributed by atoms with E-state index in [0.29, 0.717) is 0 Å². The van der Waals surface area contributed by atoms with Gasteiger partial charge in [-0.3, -0.25) is 14.4 Å². The van der Waals surface area contributed by atoms with Crippen LogP contribution in [0.25, 0.3) is 0 Å². The molecule has 0 aromatic heterocycles. The largest absolute Gasteiger partial charge is 0.456 e. The minimum Gasteiger partial charge on any atom is -0.456 e. The lowest BCUT2D eigenvalue weighted by atomic mass is 9.80. The molecule has 0 aliphatic carbocycles. The fourth-order valence-electron chi connectivity index (χ4n) is 5.81. The molecule has 47 heavy (non-hydrogen) atoms. The van der Waals surface area contributed by atoms with Crippen LogP contribution in [0.2, 0.25) is 0 Å². The molecule has 1 aliphatic rings. The third kappa shape index (κ3) is 8.11. The van der Waals surface area contributed by atoms with Gasteiger partial charge in [-0.05, 0) is 35.7 Å². The molecule has 0 radical (unpaired) electrons. The molecule has 0 spiro atoms. The number of carbonyl (C=O) groups excluding carboxylic acids is 3. The smallest absolute Gasteiger partial charge is 0.303 e. The molecule has 5 rings (SSSR count). The summed E-state index contributed by atoms with van der Waals surface area (Å²) in [7, 11) is 0. The van der Waals surface area contributed by atoms with E-state index in [0.717, 1.165) is 27.1 Å². The molecule has 0 saturated carbocycles. The molecule has 1 fully saturated rings. The molecule has 9 heteroatoms. The lowest BCUT2D eigenvalue weighted by molar-refractivity contribution is -0.241. The van der Waals surface area contributed by atoms with Crippen LogP contribution in [0.3, 0.4) is 0 Å². The molecule has 1 aliphatic heterocycles. The second-order valence-corrected chi connectivity index (χ2v) is 12.5. The molecule has 1 saturated heterocycles. The van der Waals surface area contributed by atoms with Crippen molar-refractivity contribution in [3.05, 3.63) is 138 Å². The standard InChI is InChI=1S/C38H38O8S/c1-25-20-22-32(23-21-25)47-37-36(45-28(4)41)35(44-27(3)40)34(43-26(2)39)33(46-37)24-42-38(29-14-8-5-9-15-29,30-16-10-6-11-17-30)31-18-12-7-13-19-31/h5-23,33-37H,24H2,1-4H3/t33-,34-,35+,36-,37+/m1/s1. The normalized spacial score (nSPS) is 21.0. The minimum atomic E-state index is -1.18. The summed E-state index contributed by atoms with van der Waals surface area (Å²) in [6.07, 6.45) is -4.36. The molecule has 4 aromatic rings. The first-order valence-electron chi connectivity index (χ1n) is 15.4. The number of benzene rings is 4. The van der Waals surface area contributed by atoms with E-state index >= 15 is 0 Å². The predicted molar refractivity (Wildman–Crippen MR) is 178 cm³/mol. The van der Waals surface area contributed by atoms with Gasteiger partial charge in [0.25, 0.3) is 0 Å². The first-order chi connectivity index (χ1) is 22.7. The molecule has 8 nitrogen and oxygen atoms in total. The Bertz CT molecular complexity index is 1530. The van der Waals surface area contributed by atoms with E-state index in [1.54, 1.807) is 0 Å². The quantitative estimate of drug-likeness (QED) is 0.100. The molecular formula is C38H38O8S. The van der Waals surface area contributed by atoms with Crippen LogP contribution < -0.4 is 0 Å². The van der Waals surface area contributed by atoms with Crippen LogP contribution in [0.1, 0.15) is 43.0 Å². The van der Waals surface area contributed by atoms with E-state index in [4.69, 9.17) is 23.7 Å². The Balaban J connectivity index is 1.60. The third-order valence-corrected chi connectivity index (χ3v) is 8.93. The maximum Gasteiger partial charge on any atom is 0.303 e. The maximum atomic E-state index is 12.5. The van der Waals surface area contributed by atoms with Gasteiger partial charge in [0, 0.05) is 25.7 Å². The van der Waals surface area contributed by atoms with Crippen LogP contribution in [0.5, 0.6) is 0 Å². The second kappa shape index (κ2) is 15.4. The first-order valence-corrected chi connectivity index (χ1v) is 16.3. The lowest BCUT2D eigenvalue weighted by Crippen LogP contribution is -2.61. The molecule has 5 atom stereocenters. The molecule has 4 aromatic carbocycles. The first kappa shape index (κ1) is 33.9. The Kier molecular flexibility index (Phi) is 11.1. The van der Waals surface area contributed by atoms with Gasteiger partial charge in [0.05, 0.1) is 6.61 Å². The molecule has 1 heterocycles. The summed E-state index contributed by atoms with van der Waals surface area (Å²) in [6, 6.07) is 37.3. The number of ether oxygens (including phenoxy) is 5. The van der Waals surface area contributed by atoms with Gasteiger partial charge < -0.3 is 23.7 Å². The number of hydrogen-bond donors (Lipinski definition) is 0. The van der Waals surface area contributed by atoms with Gasteiger partial charge in [-0.25, -0.2) is 0 Å². The SMILES string of the molecule is CC(=O)O[C@@H]1[C@@H](OC(C)=O)[C@H](Sc2ccc(C)cc2)O[C@H](COC(c2ccccc2)(c2ccccc2)c2ccccc2)[C@H]1OC(C)=O. The zero-order valence-electron chi connectivity index (χ0n) is 26.7. The number of rotatable bonds is 11. The van der Waals surface area contributed by atoms with Gasteiger partial charge in [0.2, 0.25) is 0 Å². The second-order valence-electron chi connectivity index (χ2n) is 11.3. The zero-order chi connectivity index (χ0) is 33.4. The van der Waals surface area contributed by atoms with E-state index in [2.05, 4.69) is 0 Å². The van der Waals surface area contributed by atoms with Crippen LogP contribution in [-0.4, -0.2) is 54.4 Å². The summed E-state index contributed by atoms with van der Waals surface area (Å²) in [4.78, 5) is 38.2. The summed E-state index contributed by atoms with van der Waals surface area (Å²) in [6.45, 7) is 5.68. The lowest BCUT2D eigenvalue weighted by Gasteiger charge is -2.45. The Morgan fingerprint density at radius 3 is 1.49 bits per heavy atom. The van der Waals surface area contributed by atoms with Crippen molar-refractivity contribution in [1.29, 1.82) is 0 Å². The fourth-order valence-corrected chi connectivity index (χ4v) is 6.92. The minimum absolute atomic E-state index is 0.0911. The van der Waals surface area contributed by atoms with Crippen molar-refractivity contribution in [2.45, 2.75) is 68.0 Å². The summed E-state index contributed by atoms with van der Waals surface area (Å²) < 4.78 is 31.0. The van der Waals surface area contributed by atoms with E-state index in [1.807, 2.05) is 122 Å². The highest BCUT2D eigenvalue weighted by Crippen LogP contribution is 2.43. The van der Waals surface area contributed by atoms with E-state index in [9.17, 15) is 14.4 Å². The average Bonchev–Trinajstić information content (AvgIpc) is 3.06. The van der Waals surface area contributed by atoms with Gasteiger partial charge in [-0.2, -0.15) is 0 Å². The molecule has 0 bridgehead atoms. The molecule has 0 unspecified atom stereocenters. The topological polar surface area (TPSA) is 97.4 Å². The number of aryl methyl sites for hydroxylation is 1. The molecule has 0 N–H and O–H groups in total. The van der Waals surface area contributed by atoms with Crippen molar-refractivity contribution in [3.63, 3.8) is 0 Å². The highest BCUT2D eigenvalue weighted by molar-refractivity contribution is 7.99. The Morgan fingerprint density at radius 2 is 1.04 bits per heavy atom. The number of carbonyl (C=O) groups is 3. The van der Waals surface area contributed by atoms with Crippen LogP contribution in [0.4, 0.5) is 0 Å². The predicted octanol–water partition coefficient (Wildman–Crippen LogP) is 6.62. The summed E-state index contributed by atoms with van der Waals surface area (Å²) in [5.74, 6) is -1.85. The summed E-state index contributed by atoms with van der Waals surface area (Å²) in [5, 5.41) is 0. The highest BCUT2D eigenvalue weighted by atomic mass is 32.2. The maximum absolute atomic E-state index is 12.5. The summed E-state index contributed by atoms with van der Waals surface area (Å²) in [5.41, 5.74) is 1.75. The van der Waals surface area contributed by atoms with Gasteiger partial charge in [0.15, 0.2) is 18.3 Å². The molecule has 0 amide bonds. The monoisotopic (exact) mass is 654 g/mol. The van der Waals surface area contributed by atoms with Crippen LogP contribution in [-0.2, 0) is 43.7 Å². The van der Waals surface area contributed by atoms with Gasteiger partial charge in [-0.15, -0.1) is 0 Å². The number of hydrogen-bond acceptors (Lipinski definition) is 9. The average molecular weight is 655 g/mol. The Morgan fingerprint density at radius 1 is 0.617 bits per heavy atom. The van der Waals surface area contributed by atoms with Crippen molar-refractivity contribution >= 4 is 29.7 Å². The van der Waals surface area contributed by atoms with Crippen molar-refractivity contribution in [2.24, 2.45) is 0 Å². The highest BCUT2D eigenvalue weighted by Gasteiger charge is 2.53. The Labute approximate surface area is 279 Å². The van der Waals surface area contributed by atoms with Crippen molar-refractivity contribution in [2.75, 3.05) is 6.61 Å². The van der Waals surface area contributed by atoms with Crippen LogP contribution in [0, 0.1) is 6.92 Å².